The van der Waals surface area contributed by atoms with Crippen molar-refractivity contribution in [2.75, 3.05) is 13.1 Å². The minimum absolute atomic E-state index is 0.153. The van der Waals surface area contributed by atoms with Crippen molar-refractivity contribution >= 4 is 22.9 Å². The van der Waals surface area contributed by atoms with E-state index in [0.717, 1.165) is 12.8 Å². The number of hydrogen-bond donors (Lipinski definition) is 3. The van der Waals surface area contributed by atoms with E-state index in [1.807, 2.05) is 6.92 Å². The smallest absolute Gasteiger partial charge is 0.407 e. The van der Waals surface area contributed by atoms with Gasteiger partial charge in [0.05, 0.1) is 5.52 Å². The van der Waals surface area contributed by atoms with Crippen LogP contribution in [0.4, 0.5) is 13.6 Å². The number of hydrogen-bond acceptors (Lipinski definition) is 3. The molecule has 8 heteroatoms. The lowest BCUT2D eigenvalue weighted by atomic mass is 10.0. The van der Waals surface area contributed by atoms with Gasteiger partial charge in [-0.1, -0.05) is 31.2 Å². The first-order valence-corrected chi connectivity index (χ1v) is 11.4. The number of nitrogens with one attached hydrogen (secondary N) is 3. The molecule has 0 saturated heterocycles. The van der Waals surface area contributed by atoms with Crippen LogP contribution in [0, 0.1) is 17.6 Å². The van der Waals surface area contributed by atoms with Crippen LogP contribution in [0.2, 0.25) is 0 Å². The summed E-state index contributed by atoms with van der Waals surface area (Å²) in [6, 6.07) is 10.4. The molecule has 0 saturated carbocycles. The summed E-state index contributed by atoms with van der Waals surface area (Å²) >= 11 is 0. The average Bonchev–Trinajstić information content (AvgIpc) is 3.15. The molecule has 0 spiro atoms. The molecule has 3 rings (SSSR count). The van der Waals surface area contributed by atoms with E-state index in [4.69, 9.17) is 4.74 Å². The van der Waals surface area contributed by atoms with Crippen LogP contribution in [0.1, 0.15) is 51.0 Å². The van der Waals surface area contributed by atoms with Crippen LogP contribution in [0.15, 0.2) is 42.5 Å². The van der Waals surface area contributed by atoms with E-state index in [0.29, 0.717) is 29.6 Å². The molecule has 3 N–H and O–H groups in total. The zero-order chi connectivity index (χ0) is 24.9. The van der Waals surface area contributed by atoms with Gasteiger partial charge in [0.25, 0.3) is 5.91 Å². The molecular formula is C26H31F2N3O3. The first-order valence-electron chi connectivity index (χ1n) is 11.4. The van der Waals surface area contributed by atoms with Gasteiger partial charge in [-0.05, 0) is 63.3 Å². The Kier molecular flexibility index (Phi) is 7.91. The molecule has 0 aliphatic heterocycles. The molecular weight excluding hydrogens is 440 g/mol. The van der Waals surface area contributed by atoms with Crippen LogP contribution in [0.5, 0.6) is 0 Å². The Labute approximate surface area is 198 Å². The van der Waals surface area contributed by atoms with E-state index < -0.39 is 23.3 Å². The Bertz CT molecular complexity index is 1150. The van der Waals surface area contributed by atoms with Gasteiger partial charge < -0.3 is 20.4 Å². The number of rotatable bonds is 8. The average molecular weight is 472 g/mol. The Morgan fingerprint density at radius 2 is 1.76 bits per heavy atom. The topological polar surface area (TPSA) is 83.2 Å². The van der Waals surface area contributed by atoms with Gasteiger partial charge >= 0.3 is 6.09 Å². The summed E-state index contributed by atoms with van der Waals surface area (Å²) in [5.74, 6) is -1.07. The normalized spacial score (nSPS) is 12.4. The maximum atomic E-state index is 14.4. The number of ether oxygens (including phenoxy) is 1. The number of benzene rings is 2. The SMILES string of the molecule is C[C@@H](CCCNC(=O)OC(C)(C)C)CNC(=O)c1[nH]c2c(F)cccc2c1-c1ccc(F)cc1. The highest BCUT2D eigenvalue weighted by molar-refractivity contribution is 6.09. The fraction of sp³-hybridized carbons (Fsp3) is 0.385. The fourth-order valence-corrected chi connectivity index (χ4v) is 3.68. The van der Waals surface area contributed by atoms with Crippen molar-refractivity contribution in [3.63, 3.8) is 0 Å². The Hall–Kier alpha value is -3.42. The zero-order valence-corrected chi connectivity index (χ0v) is 19.9. The Balaban J connectivity index is 1.62. The van der Waals surface area contributed by atoms with Crippen molar-refractivity contribution in [3.05, 3.63) is 59.8 Å². The van der Waals surface area contributed by atoms with Crippen molar-refractivity contribution < 1.29 is 23.1 Å². The monoisotopic (exact) mass is 471 g/mol. The van der Waals surface area contributed by atoms with E-state index in [1.165, 1.54) is 18.2 Å². The number of carbonyl (C=O) groups is 2. The van der Waals surface area contributed by atoms with Crippen molar-refractivity contribution in [1.29, 1.82) is 0 Å². The van der Waals surface area contributed by atoms with Crippen LogP contribution in [0.3, 0.4) is 0 Å². The molecule has 1 atom stereocenters. The van der Waals surface area contributed by atoms with Crippen molar-refractivity contribution in [3.8, 4) is 11.1 Å². The lowest BCUT2D eigenvalue weighted by molar-refractivity contribution is 0.0526. The largest absolute Gasteiger partial charge is 0.444 e. The molecule has 0 radical (unpaired) electrons. The molecule has 1 heterocycles. The van der Waals surface area contributed by atoms with Crippen LogP contribution in [0.25, 0.3) is 22.0 Å². The fourth-order valence-electron chi connectivity index (χ4n) is 3.68. The first-order chi connectivity index (χ1) is 16.0. The van der Waals surface area contributed by atoms with Gasteiger partial charge in [-0.2, -0.15) is 0 Å². The number of carbonyl (C=O) groups excluding carboxylic acids is 2. The van der Waals surface area contributed by atoms with E-state index in [-0.39, 0.29) is 23.0 Å². The lowest BCUT2D eigenvalue weighted by Gasteiger charge is -2.20. The highest BCUT2D eigenvalue weighted by atomic mass is 19.1. The highest BCUT2D eigenvalue weighted by Gasteiger charge is 2.21. The quantitative estimate of drug-likeness (QED) is 0.364. The number of para-hydroxylation sites is 1. The van der Waals surface area contributed by atoms with Crippen LogP contribution < -0.4 is 10.6 Å². The van der Waals surface area contributed by atoms with Gasteiger partial charge in [-0.25, -0.2) is 13.6 Å². The second-order valence-corrected chi connectivity index (χ2v) is 9.43. The summed E-state index contributed by atoms with van der Waals surface area (Å²) in [6.45, 7) is 8.30. The molecule has 34 heavy (non-hydrogen) atoms. The van der Waals surface area contributed by atoms with Gasteiger partial charge in [0, 0.05) is 24.0 Å². The predicted octanol–water partition coefficient (Wildman–Crippen LogP) is 5.78. The molecule has 0 fully saturated rings. The third-order valence-electron chi connectivity index (χ3n) is 5.30. The summed E-state index contributed by atoms with van der Waals surface area (Å²) < 4.78 is 33.0. The van der Waals surface area contributed by atoms with E-state index in [9.17, 15) is 18.4 Å². The summed E-state index contributed by atoms with van der Waals surface area (Å²) in [5.41, 5.74) is 1.06. The first kappa shape index (κ1) is 25.2. The molecule has 0 aliphatic rings. The number of aromatic amines is 1. The number of aromatic nitrogens is 1. The minimum Gasteiger partial charge on any atom is -0.444 e. The van der Waals surface area contributed by atoms with Crippen molar-refractivity contribution in [2.45, 2.75) is 46.1 Å². The minimum atomic E-state index is -0.542. The van der Waals surface area contributed by atoms with E-state index in [1.54, 1.807) is 45.0 Å². The Morgan fingerprint density at radius 3 is 2.44 bits per heavy atom. The summed E-state index contributed by atoms with van der Waals surface area (Å²) in [6.07, 6.45) is 1.06. The number of H-pyrrole nitrogens is 1. The summed E-state index contributed by atoms with van der Waals surface area (Å²) in [5, 5.41) is 6.18. The second-order valence-electron chi connectivity index (χ2n) is 9.43. The van der Waals surface area contributed by atoms with Crippen molar-refractivity contribution in [2.24, 2.45) is 5.92 Å². The van der Waals surface area contributed by atoms with Crippen LogP contribution in [-0.2, 0) is 4.74 Å². The molecule has 0 aliphatic carbocycles. The molecule has 2 amide bonds. The molecule has 2 aromatic carbocycles. The lowest BCUT2D eigenvalue weighted by Crippen LogP contribution is -2.33. The van der Waals surface area contributed by atoms with E-state index in [2.05, 4.69) is 15.6 Å². The summed E-state index contributed by atoms with van der Waals surface area (Å²) in [4.78, 5) is 27.6. The number of halogens is 2. The number of amides is 2. The molecule has 0 unspecified atom stereocenters. The molecule has 0 bridgehead atoms. The van der Waals surface area contributed by atoms with Gasteiger partial charge in [0.15, 0.2) is 0 Å². The van der Waals surface area contributed by atoms with Gasteiger partial charge in [0.2, 0.25) is 0 Å². The van der Waals surface area contributed by atoms with Crippen molar-refractivity contribution in [1.82, 2.24) is 15.6 Å². The maximum absolute atomic E-state index is 14.4. The second kappa shape index (κ2) is 10.7. The van der Waals surface area contributed by atoms with E-state index >= 15 is 0 Å². The highest BCUT2D eigenvalue weighted by Crippen LogP contribution is 2.33. The maximum Gasteiger partial charge on any atom is 0.407 e. The van der Waals surface area contributed by atoms with Gasteiger partial charge in [0.1, 0.15) is 22.9 Å². The number of fused-ring (bicyclic) bond motifs is 1. The van der Waals surface area contributed by atoms with Gasteiger partial charge in [-0.3, -0.25) is 4.79 Å². The van der Waals surface area contributed by atoms with Crippen LogP contribution in [-0.4, -0.2) is 35.7 Å². The Morgan fingerprint density at radius 1 is 1.06 bits per heavy atom. The zero-order valence-electron chi connectivity index (χ0n) is 19.9. The molecule has 3 aromatic rings. The standard InChI is InChI=1S/C26H31F2N3O3/c1-16(7-6-14-29-25(33)34-26(2,3)4)15-30-24(32)23-21(17-10-12-18(27)13-11-17)19-8-5-9-20(28)22(19)31-23/h5,8-13,16,31H,6-7,14-15H2,1-4H3,(H,29,33)(H,30,32)/t16-/m0/s1. The van der Waals surface area contributed by atoms with Gasteiger partial charge in [-0.15, -0.1) is 0 Å². The van der Waals surface area contributed by atoms with Crippen LogP contribution >= 0.6 is 0 Å². The third-order valence-corrected chi connectivity index (χ3v) is 5.30. The molecule has 1 aromatic heterocycles. The number of alkyl carbamates (subject to hydrolysis) is 1. The predicted molar refractivity (Wildman–Crippen MR) is 129 cm³/mol. The molecule has 182 valence electrons. The summed E-state index contributed by atoms with van der Waals surface area (Å²) in [7, 11) is 0. The third kappa shape index (κ3) is 6.56. The molecule has 6 nitrogen and oxygen atoms in total.